The molecule has 8 rings (SSSR count). The summed E-state index contributed by atoms with van der Waals surface area (Å²) < 4.78 is 12.6. The molecule has 47 heavy (non-hydrogen) atoms. The summed E-state index contributed by atoms with van der Waals surface area (Å²) in [4.78, 5) is 13.5. The van der Waals surface area contributed by atoms with E-state index in [-0.39, 0.29) is 30.9 Å². The van der Waals surface area contributed by atoms with Crippen LogP contribution in [0.4, 0.5) is 0 Å². The van der Waals surface area contributed by atoms with E-state index in [1.165, 1.54) is 5.56 Å². The summed E-state index contributed by atoms with van der Waals surface area (Å²) in [6.07, 6.45) is 3.57. The van der Waals surface area contributed by atoms with Gasteiger partial charge in [-0.25, -0.2) is 4.98 Å². The van der Waals surface area contributed by atoms with E-state index in [9.17, 15) is 0 Å². The number of hydrogen-bond donors (Lipinski definition) is 0. The van der Waals surface area contributed by atoms with Crippen molar-refractivity contribution in [3.63, 3.8) is 0 Å². The van der Waals surface area contributed by atoms with Crippen LogP contribution in [0.25, 0.3) is 66.4 Å². The molecule has 1 radical (unpaired) electrons. The molecule has 0 aliphatic carbocycles. The molecule has 0 N–H and O–H groups in total. The maximum atomic E-state index is 6.42. The van der Waals surface area contributed by atoms with Gasteiger partial charge in [0.2, 0.25) is 0 Å². The SMILES string of the molecule is CC(C)(C)c1cc(-c2[c-]ccc3c2oc2c3ccc3c4ccccc4oc32)ncn1.CC(C)(C)c1ccc(-c2[c-]cccc2)nc1.[Ir]. The van der Waals surface area contributed by atoms with E-state index in [1.54, 1.807) is 6.33 Å². The molecule has 4 aromatic heterocycles. The molecule has 4 heterocycles. The summed E-state index contributed by atoms with van der Waals surface area (Å²) in [5.74, 6) is 0. The third-order valence-electron chi connectivity index (χ3n) is 8.25. The summed E-state index contributed by atoms with van der Waals surface area (Å²) in [7, 11) is 0. The van der Waals surface area contributed by atoms with Crippen molar-refractivity contribution in [3.8, 4) is 22.5 Å². The Bertz CT molecular complexity index is 2320. The Morgan fingerprint density at radius 3 is 2.00 bits per heavy atom. The number of pyridine rings is 1. The summed E-state index contributed by atoms with van der Waals surface area (Å²) >= 11 is 0. The maximum Gasteiger partial charge on any atom is 0.177 e. The zero-order valence-corrected chi connectivity index (χ0v) is 29.7. The van der Waals surface area contributed by atoms with E-state index in [1.807, 2.05) is 66.9 Å². The third kappa shape index (κ3) is 6.24. The average molecular weight is 794 g/mol. The fourth-order valence-corrected chi connectivity index (χ4v) is 5.63. The van der Waals surface area contributed by atoms with Crippen LogP contribution in [0.15, 0.2) is 112 Å². The van der Waals surface area contributed by atoms with Crippen LogP contribution < -0.4 is 0 Å². The topological polar surface area (TPSA) is 65.0 Å². The molecular formula is C41H35IrN3O2-2. The molecule has 0 atom stereocenters. The number of furan rings is 2. The Balaban J connectivity index is 0.000000194. The van der Waals surface area contributed by atoms with E-state index < -0.39 is 0 Å². The molecule has 4 aromatic carbocycles. The van der Waals surface area contributed by atoms with Gasteiger partial charge >= 0.3 is 0 Å². The smallest absolute Gasteiger partial charge is 0.177 e. The molecule has 5 nitrogen and oxygen atoms in total. The van der Waals surface area contributed by atoms with Crippen molar-refractivity contribution < 1.29 is 28.9 Å². The molecule has 8 aromatic rings. The Kier molecular flexibility index (Phi) is 8.60. The minimum atomic E-state index is -0.0695. The van der Waals surface area contributed by atoms with E-state index >= 15 is 0 Å². The van der Waals surface area contributed by atoms with Crippen molar-refractivity contribution in [2.75, 3.05) is 0 Å². The first-order chi connectivity index (χ1) is 22.1. The van der Waals surface area contributed by atoms with Gasteiger partial charge < -0.3 is 13.8 Å². The first-order valence-corrected chi connectivity index (χ1v) is 15.5. The molecule has 0 fully saturated rings. The van der Waals surface area contributed by atoms with E-state index in [2.05, 4.69) is 99.0 Å². The Labute approximate surface area is 288 Å². The Morgan fingerprint density at radius 2 is 1.30 bits per heavy atom. The summed E-state index contributed by atoms with van der Waals surface area (Å²) in [5.41, 5.74) is 9.14. The van der Waals surface area contributed by atoms with Gasteiger partial charge in [-0.15, -0.1) is 54.1 Å². The number of aromatic nitrogens is 3. The second-order valence-corrected chi connectivity index (χ2v) is 13.6. The van der Waals surface area contributed by atoms with Gasteiger partial charge in [0.1, 0.15) is 11.9 Å². The summed E-state index contributed by atoms with van der Waals surface area (Å²) in [5, 5.41) is 4.20. The van der Waals surface area contributed by atoms with Gasteiger partial charge in [-0.05, 0) is 34.5 Å². The van der Waals surface area contributed by atoms with Crippen LogP contribution in [0.1, 0.15) is 52.8 Å². The molecule has 0 aliphatic heterocycles. The fourth-order valence-electron chi connectivity index (χ4n) is 5.63. The molecule has 0 saturated heterocycles. The van der Waals surface area contributed by atoms with Crippen molar-refractivity contribution >= 4 is 43.9 Å². The van der Waals surface area contributed by atoms with E-state index in [0.29, 0.717) is 0 Å². The van der Waals surface area contributed by atoms with Gasteiger partial charge in [0, 0.05) is 53.6 Å². The quantitative estimate of drug-likeness (QED) is 0.163. The zero-order chi connectivity index (χ0) is 32.1. The van der Waals surface area contributed by atoms with Gasteiger partial charge in [-0.3, -0.25) is 4.98 Å². The second-order valence-electron chi connectivity index (χ2n) is 13.6. The van der Waals surface area contributed by atoms with Crippen LogP contribution in [0.3, 0.4) is 0 Å². The average Bonchev–Trinajstić information content (AvgIpc) is 3.64. The number of rotatable bonds is 2. The third-order valence-corrected chi connectivity index (χ3v) is 8.25. The second kappa shape index (κ2) is 12.5. The number of benzene rings is 4. The van der Waals surface area contributed by atoms with Crippen molar-refractivity contribution in [1.82, 2.24) is 15.0 Å². The van der Waals surface area contributed by atoms with Gasteiger partial charge in [-0.2, -0.15) is 0 Å². The number of para-hydroxylation sites is 1. The molecule has 0 unspecified atom stereocenters. The van der Waals surface area contributed by atoms with Crippen LogP contribution in [-0.4, -0.2) is 15.0 Å². The zero-order valence-electron chi connectivity index (χ0n) is 27.3. The van der Waals surface area contributed by atoms with Crippen molar-refractivity contribution in [3.05, 3.63) is 127 Å². The van der Waals surface area contributed by atoms with Crippen LogP contribution in [-0.2, 0) is 30.9 Å². The number of nitrogens with zero attached hydrogens (tertiary/aromatic N) is 3. The largest absolute Gasteiger partial charge is 0.497 e. The minimum absolute atomic E-state index is 0. The first kappa shape index (κ1) is 32.3. The minimum Gasteiger partial charge on any atom is -0.497 e. The van der Waals surface area contributed by atoms with Gasteiger partial charge in [0.05, 0.1) is 5.58 Å². The molecule has 0 bridgehead atoms. The molecule has 0 aliphatic rings. The normalized spacial score (nSPS) is 11.9. The summed E-state index contributed by atoms with van der Waals surface area (Å²) in [6.45, 7) is 13.0. The predicted molar refractivity (Wildman–Crippen MR) is 187 cm³/mol. The van der Waals surface area contributed by atoms with E-state index in [0.717, 1.165) is 72.1 Å². The Morgan fingerprint density at radius 1 is 0.574 bits per heavy atom. The predicted octanol–water partition coefficient (Wildman–Crippen LogP) is 10.9. The molecule has 0 saturated carbocycles. The first-order valence-electron chi connectivity index (χ1n) is 15.5. The van der Waals surface area contributed by atoms with Gasteiger partial charge in [0.25, 0.3) is 0 Å². The van der Waals surface area contributed by atoms with Crippen LogP contribution >= 0.6 is 0 Å². The molecule has 237 valence electrons. The standard InChI is InChI=1S/C26H19N2O2.C15H16N.Ir/c1-26(2,3)22-13-20(27-14-28-22)19-9-6-8-16-18-12-11-17-15-7-4-5-10-21(15)29-24(17)25(18)30-23(16)19;1-15(2,3)13-9-10-14(16-11-13)12-7-5-4-6-8-12;/h4-8,10-14H,1-3H3;4-7,9-11H,1-3H3;/q2*-1;. The van der Waals surface area contributed by atoms with Crippen LogP contribution in [0, 0.1) is 12.1 Å². The van der Waals surface area contributed by atoms with Crippen LogP contribution in [0.2, 0.25) is 0 Å². The van der Waals surface area contributed by atoms with Crippen molar-refractivity contribution in [1.29, 1.82) is 0 Å². The fraction of sp³-hybridized carbons (Fsp3) is 0.195. The number of hydrogen-bond acceptors (Lipinski definition) is 5. The van der Waals surface area contributed by atoms with Gasteiger partial charge in [0.15, 0.2) is 11.2 Å². The molecular weight excluding hydrogens is 759 g/mol. The monoisotopic (exact) mass is 794 g/mol. The number of fused-ring (bicyclic) bond motifs is 7. The van der Waals surface area contributed by atoms with Gasteiger partial charge in [-0.1, -0.05) is 95.0 Å². The maximum absolute atomic E-state index is 6.42. The summed E-state index contributed by atoms with van der Waals surface area (Å²) in [6, 6.07) is 36.9. The molecule has 0 spiro atoms. The van der Waals surface area contributed by atoms with E-state index in [4.69, 9.17) is 8.83 Å². The van der Waals surface area contributed by atoms with Crippen molar-refractivity contribution in [2.45, 2.75) is 52.4 Å². The molecule has 0 amide bonds. The Hall–Kier alpha value is -4.64. The van der Waals surface area contributed by atoms with Crippen LogP contribution in [0.5, 0.6) is 0 Å². The molecule has 6 heteroatoms. The van der Waals surface area contributed by atoms with Crippen molar-refractivity contribution in [2.24, 2.45) is 0 Å².